The molecule has 9 amide bonds. The zero-order chi connectivity index (χ0) is 75.2. The number of nitrogens with one attached hydrogen (secondary N) is 12. The highest BCUT2D eigenvalue weighted by Gasteiger charge is 2.38. The van der Waals surface area contributed by atoms with Crippen LogP contribution in [-0.4, -0.2) is 200 Å². The Morgan fingerprint density at radius 2 is 0.894 bits per heavy atom. The van der Waals surface area contributed by atoms with Crippen LogP contribution in [0.2, 0.25) is 0 Å². The molecule has 1 fully saturated rings. The van der Waals surface area contributed by atoms with Gasteiger partial charge in [-0.3, -0.25) is 47.9 Å². The number of fused-ring (bicyclic) bond motifs is 1. The van der Waals surface area contributed by atoms with E-state index >= 15 is 19.2 Å². The maximum absolute atomic E-state index is 15.5. The van der Waals surface area contributed by atoms with Crippen LogP contribution >= 0.6 is 21.6 Å². The summed E-state index contributed by atoms with van der Waals surface area (Å²) in [6.45, 7) is 6.10. The number of H-pyrrole nitrogens is 1. The molecular weight excluding hydrogens is 1370 g/mol. The lowest BCUT2D eigenvalue weighted by Gasteiger charge is -2.29. The smallest absolute Gasteiger partial charge is 0.321 e. The Kier molecular flexibility index (Phi) is 33.1. The van der Waals surface area contributed by atoms with E-state index in [1.54, 1.807) is 115 Å². The lowest BCUT2D eigenvalue weighted by Crippen LogP contribution is -2.63. The number of aliphatic hydroxyl groups excluding tert-OH is 3. The molecule has 30 heteroatoms. The van der Waals surface area contributed by atoms with Gasteiger partial charge in [-0.2, -0.15) is 0 Å². The molecule has 13 atom stereocenters. The average molecular weight is 1470 g/mol. The quantitative estimate of drug-likeness (QED) is 0.0338. The summed E-state index contributed by atoms with van der Waals surface area (Å²) in [5.41, 5.74) is 16.7. The number of hydrogen-bond acceptors (Lipinski definition) is 19. The van der Waals surface area contributed by atoms with E-state index in [4.69, 9.17) is 11.5 Å². The van der Waals surface area contributed by atoms with E-state index < -0.39 is 144 Å². The van der Waals surface area contributed by atoms with E-state index in [9.17, 15) is 49.2 Å². The largest absolute Gasteiger partial charge is 0.480 e. The van der Waals surface area contributed by atoms with Gasteiger partial charge >= 0.3 is 5.97 Å². The van der Waals surface area contributed by atoms with E-state index in [1.165, 1.54) is 13.8 Å². The van der Waals surface area contributed by atoms with Gasteiger partial charge in [0, 0.05) is 79.8 Å². The molecule has 6 aromatic rings. The number of unbranched alkanes of at least 4 members (excludes halogenated alkanes) is 1. The normalized spacial score (nSPS) is 23.9. The van der Waals surface area contributed by atoms with Gasteiger partial charge in [-0.1, -0.05) is 169 Å². The lowest BCUT2D eigenvalue weighted by molar-refractivity contribution is -0.139. The number of carboxylic acids is 1. The molecule has 1 aromatic heterocycles. The second kappa shape index (κ2) is 41.9. The molecule has 5 aromatic carbocycles. The van der Waals surface area contributed by atoms with Crippen LogP contribution in [0.3, 0.4) is 0 Å². The Morgan fingerprint density at radius 1 is 0.490 bits per heavy atom. The molecule has 20 N–H and O–H groups in total. The van der Waals surface area contributed by atoms with Crippen LogP contribution in [0.4, 0.5) is 0 Å². The fourth-order valence-corrected chi connectivity index (χ4v) is 13.8. The van der Waals surface area contributed by atoms with Crippen molar-refractivity contribution in [2.75, 3.05) is 31.2 Å². The number of carbonyl (C=O) groups excluding carboxylic acids is 9. The minimum absolute atomic E-state index is 0.0637. The van der Waals surface area contributed by atoms with Crippen LogP contribution in [0, 0.1) is 0 Å². The third-order valence-corrected chi connectivity index (χ3v) is 19.8. The predicted octanol–water partition coefficient (Wildman–Crippen LogP) is 0.190. The van der Waals surface area contributed by atoms with Crippen LogP contribution in [0.25, 0.3) is 10.9 Å². The summed E-state index contributed by atoms with van der Waals surface area (Å²) in [6, 6.07) is 24.3. The average Bonchev–Trinajstić information content (AvgIpc) is 1.52. The second-order valence-electron chi connectivity index (χ2n) is 26.2. The lowest BCUT2D eigenvalue weighted by atomic mass is 9.99. The van der Waals surface area contributed by atoms with Gasteiger partial charge in [0.05, 0.1) is 30.9 Å². The highest BCUT2D eigenvalue weighted by atomic mass is 33.1. The molecule has 6 unspecified atom stereocenters. The molecule has 104 heavy (non-hydrogen) atoms. The Morgan fingerprint density at radius 3 is 1.36 bits per heavy atom. The zero-order valence-electron chi connectivity index (χ0n) is 58.7. The maximum atomic E-state index is 15.5. The predicted molar refractivity (Wildman–Crippen MR) is 398 cm³/mol. The number of benzene rings is 5. The monoisotopic (exact) mass is 1470 g/mol. The molecule has 2 heterocycles. The molecule has 0 saturated carbocycles. The number of aromatic nitrogens is 1. The number of aliphatic carboxylic acids is 1. The summed E-state index contributed by atoms with van der Waals surface area (Å²) in [5, 5.41) is 74.3. The number of aliphatic hydroxyl groups is 3. The van der Waals surface area contributed by atoms with Crippen LogP contribution in [0.1, 0.15) is 80.3 Å². The fraction of sp³-hybridized carbons (Fsp3) is 0.432. The number of carboxylic acid groups (broad SMARTS) is 1. The zero-order valence-corrected chi connectivity index (χ0v) is 60.3. The number of rotatable bonds is 21. The van der Waals surface area contributed by atoms with Crippen LogP contribution in [0.15, 0.2) is 146 Å². The molecule has 28 nitrogen and oxygen atoms in total. The minimum atomic E-state index is -1.84. The van der Waals surface area contributed by atoms with Gasteiger partial charge in [0.25, 0.3) is 0 Å². The Balaban J connectivity index is 1.31. The van der Waals surface area contributed by atoms with Gasteiger partial charge in [-0.15, -0.1) is 0 Å². The molecular formula is C74H98N14O14S2. The van der Waals surface area contributed by atoms with E-state index in [1.807, 2.05) is 44.2 Å². The van der Waals surface area contributed by atoms with Gasteiger partial charge < -0.3 is 95.4 Å². The molecule has 1 saturated heterocycles. The van der Waals surface area contributed by atoms with Crippen LogP contribution < -0.4 is 70.0 Å². The van der Waals surface area contributed by atoms with Crippen molar-refractivity contribution >= 4 is 91.6 Å². The topological polar surface area (TPSA) is 452 Å². The number of amides is 9. The summed E-state index contributed by atoms with van der Waals surface area (Å²) >= 11 is 0. The first-order valence-electron chi connectivity index (χ1n) is 34.7. The number of aromatic amines is 1. The minimum Gasteiger partial charge on any atom is -0.480 e. The van der Waals surface area contributed by atoms with Crippen molar-refractivity contribution < 1.29 is 68.4 Å². The highest BCUT2D eigenvalue weighted by Crippen LogP contribution is 2.24. The van der Waals surface area contributed by atoms with Crippen molar-refractivity contribution in [3.05, 3.63) is 179 Å². The number of carbonyl (C=O) groups is 10. The van der Waals surface area contributed by atoms with Crippen molar-refractivity contribution in [3.63, 3.8) is 0 Å². The van der Waals surface area contributed by atoms with Gasteiger partial charge in [-0.25, -0.2) is 0 Å². The third-order valence-electron chi connectivity index (χ3n) is 17.4. The van der Waals surface area contributed by atoms with Crippen LogP contribution in [0.5, 0.6) is 0 Å². The van der Waals surface area contributed by atoms with Crippen molar-refractivity contribution in [1.29, 1.82) is 0 Å². The summed E-state index contributed by atoms with van der Waals surface area (Å²) in [4.78, 5) is 149. The third kappa shape index (κ3) is 26.2. The Bertz CT molecular complexity index is 3780. The molecule has 0 radical (unpaired) electrons. The fourth-order valence-electron chi connectivity index (χ4n) is 11.4. The highest BCUT2D eigenvalue weighted by molar-refractivity contribution is 8.76. The van der Waals surface area contributed by atoms with Crippen molar-refractivity contribution in [1.82, 2.24) is 63.5 Å². The summed E-state index contributed by atoms with van der Waals surface area (Å²) < 4.78 is 0. The Labute approximate surface area is 612 Å². The van der Waals surface area contributed by atoms with Crippen LogP contribution in [-0.2, 0) is 86.6 Å². The molecule has 1 aliphatic rings. The summed E-state index contributed by atoms with van der Waals surface area (Å²) in [5.74, 6) is -9.69. The maximum Gasteiger partial charge on any atom is 0.321 e. The molecule has 0 spiro atoms. The first-order valence-corrected chi connectivity index (χ1v) is 37.2. The molecule has 0 aliphatic carbocycles. The van der Waals surface area contributed by atoms with Gasteiger partial charge in [0.1, 0.15) is 54.4 Å². The standard InChI is InChI=1S/C74H98N14O14S2/c1-43(2)77-37-50-29-27-49(28-30-50)35-59-70(97)88-64(45(4)91)73(100)86-60(34-48-22-12-7-13-23-48)71(98)87-63(44(3)90)72(99)80-52(40-89)39-79-62(74(101)102)42-104-103-41-54(76)65(92)81-56(26-16-17-31-75)66(93)82-57(32-46-18-8-5-9-19-46)67(94)83-58(33-47-20-10-6-11-21-47)68(95)85-61(69(96)84-59)36-51-38-78-55-25-15-14-24-53(51)55/h5-15,18-25,27-30,38,43-45,52,54,56-64,77-79,89-91H,16-17,26,31-37,39-42,75-76H2,1-4H3,(H,80,99)(H,81,92)(H,82,93)(H,83,94)(H,84,96)(H,85,95)(H,86,100)(H,87,98)(H,88,97)(H,101,102)/t44-,45-,52-,54+,56-,57?,58+,59?,60+,61?,62?,63?,64?/m1/s1. The molecule has 7 rings (SSSR count). The molecule has 560 valence electrons. The van der Waals surface area contributed by atoms with Gasteiger partial charge in [0.15, 0.2) is 0 Å². The van der Waals surface area contributed by atoms with Crippen molar-refractivity contribution in [2.24, 2.45) is 11.5 Å². The first kappa shape index (κ1) is 82.1. The van der Waals surface area contributed by atoms with E-state index in [0.29, 0.717) is 58.1 Å². The van der Waals surface area contributed by atoms with E-state index in [-0.39, 0.29) is 69.2 Å². The van der Waals surface area contributed by atoms with Crippen molar-refractivity contribution in [2.45, 2.75) is 170 Å². The second-order valence-corrected chi connectivity index (χ2v) is 28.7. The summed E-state index contributed by atoms with van der Waals surface area (Å²) in [7, 11) is 2.10. The number of para-hydroxylation sites is 1. The first-order chi connectivity index (χ1) is 49.9. The van der Waals surface area contributed by atoms with E-state index in [2.05, 4.69) is 63.5 Å². The Hall–Kier alpha value is -9.24. The van der Waals surface area contributed by atoms with Gasteiger partial charge in [0.2, 0.25) is 53.2 Å². The van der Waals surface area contributed by atoms with Gasteiger partial charge in [-0.05, 0) is 79.1 Å². The number of nitrogens with two attached hydrogens (primary N) is 2. The molecule has 0 bridgehead atoms. The number of hydrogen-bond donors (Lipinski definition) is 18. The SMILES string of the molecule is CC(C)NCc1ccc(CC2NC(=O)C(Cc3c[nH]c4ccccc34)NC(=O)[C@H](Cc3ccccc3)NC(=O)C(Cc3ccccc3)NC(=O)[C@@H](CCCCN)NC(=O)[C@@H](N)CSSCC(C(=O)O)NC[C@H](CO)NC(=O)C([C@@H](C)O)NC(=O)[C@H](Cc3ccccc3)NC(=O)C([C@@H](C)O)NC2=O)cc1. The summed E-state index contributed by atoms with van der Waals surface area (Å²) in [6.07, 6.45) is -1.63. The molecule has 1 aliphatic heterocycles. The van der Waals surface area contributed by atoms with Crippen molar-refractivity contribution in [3.8, 4) is 0 Å². The van der Waals surface area contributed by atoms with E-state index in [0.717, 1.165) is 27.2 Å².